The molecule has 1 aromatic carbocycles. The van der Waals surface area contributed by atoms with Gasteiger partial charge in [0, 0.05) is 6.61 Å². The van der Waals surface area contributed by atoms with E-state index in [1.165, 1.54) is 96.3 Å². The molecule has 0 saturated heterocycles. The first-order valence-electron chi connectivity index (χ1n) is 12.6. The van der Waals surface area contributed by atoms with Gasteiger partial charge < -0.3 is 9.47 Å². The molecule has 1 aromatic rings. The molecule has 0 amide bonds. The molecule has 0 aliphatic rings. The van der Waals surface area contributed by atoms with Crippen molar-refractivity contribution in [2.45, 2.75) is 110 Å². The van der Waals surface area contributed by atoms with Gasteiger partial charge in [0.2, 0.25) is 0 Å². The maximum atomic E-state index is 11.8. The Morgan fingerprint density at radius 3 is 1.57 bits per heavy atom. The topological polar surface area (TPSA) is 35.5 Å². The predicted octanol–water partition coefficient (Wildman–Crippen LogP) is 8.12. The van der Waals surface area contributed by atoms with Gasteiger partial charge in [-0.1, -0.05) is 121 Å². The third-order valence-electron chi connectivity index (χ3n) is 5.61. The summed E-state index contributed by atoms with van der Waals surface area (Å²) in [4.78, 5) is 11.8. The Morgan fingerprint density at radius 1 is 0.600 bits per heavy atom. The number of rotatable bonds is 21. The minimum absolute atomic E-state index is 0.276. The monoisotopic (exact) mass is 418 g/mol. The maximum absolute atomic E-state index is 11.8. The average molecular weight is 419 g/mol. The fourth-order valence-corrected chi connectivity index (χ4v) is 3.71. The first-order chi connectivity index (χ1) is 14.8. The van der Waals surface area contributed by atoms with Gasteiger partial charge in [0.05, 0.1) is 12.2 Å². The largest absolute Gasteiger partial charge is 0.460 e. The van der Waals surface area contributed by atoms with Crippen LogP contribution in [-0.2, 0) is 9.47 Å². The van der Waals surface area contributed by atoms with E-state index in [2.05, 4.69) is 6.92 Å². The summed E-state index contributed by atoms with van der Waals surface area (Å²) in [6.45, 7) is 3.86. The highest BCUT2D eigenvalue weighted by Crippen LogP contribution is 2.13. The average Bonchev–Trinajstić information content (AvgIpc) is 2.78. The van der Waals surface area contributed by atoms with Gasteiger partial charge in [-0.3, -0.25) is 0 Å². The fraction of sp³-hybridized carbons (Fsp3) is 0.741. The third kappa shape index (κ3) is 16.4. The van der Waals surface area contributed by atoms with E-state index < -0.39 is 0 Å². The lowest BCUT2D eigenvalue weighted by Crippen LogP contribution is -2.11. The normalized spacial score (nSPS) is 11.0. The van der Waals surface area contributed by atoms with Crippen LogP contribution < -0.4 is 0 Å². The third-order valence-corrected chi connectivity index (χ3v) is 5.61. The van der Waals surface area contributed by atoms with E-state index in [1.807, 2.05) is 18.2 Å². The Morgan fingerprint density at radius 2 is 1.07 bits per heavy atom. The zero-order valence-corrected chi connectivity index (χ0v) is 19.5. The van der Waals surface area contributed by atoms with Crippen molar-refractivity contribution in [2.75, 3.05) is 19.8 Å². The van der Waals surface area contributed by atoms with Crippen LogP contribution in [0.1, 0.15) is 120 Å². The van der Waals surface area contributed by atoms with Crippen LogP contribution in [0.2, 0.25) is 0 Å². The van der Waals surface area contributed by atoms with Crippen molar-refractivity contribution < 1.29 is 14.3 Å². The van der Waals surface area contributed by atoms with E-state index >= 15 is 0 Å². The van der Waals surface area contributed by atoms with Gasteiger partial charge in [0.1, 0.15) is 6.61 Å². The molecular formula is C27H46O3. The minimum Gasteiger partial charge on any atom is -0.460 e. The van der Waals surface area contributed by atoms with E-state index in [4.69, 9.17) is 9.47 Å². The number of hydrogen-bond donors (Lipinski definition) is 0. The summed E-state index contributed by atoms with van der Waals surface area (Å²) in [5.41, 5.74) is 0.593. The summed E-state index contributed by atoms with van der Waals surface area (Å²) in [6, 6.07) is 9.09. The highest BCUT2D eigenvalue weighted by molar-refractivity contribution is 5.89. The number of hydrogen-bond acceptors (Lipinski definition) is 3. The summed E-state index contributed by atoms with van der Waals surface area (Å²) < 4.78 is 10.8. The number of ether oxygens (including phenoxy) is 2. The van der Waals surface area contributed by atoms with E-state index in [9.17, 15) is 4.79 Å². The molecule has 0 saturated carbocycles. The lowest BCUT2D eigenvalue weighted by molar-refractivity contribution is 0.0312. The van der Waals surface area contributed by atoms with Gasteiger partial charge in [-0.15, -0.1) is 0 Å². The zero-order valence-electron chi connectivity index (χ0n) is 19.5. The zero-order chi connectivity index (χ0) is 21.5. The van der Waals surface area contributed by atoms with Gasteiger partial charge in [0.15, 0.2) is 0 Å². The van der Waals surface area contributed by atoms with E-state index in [0.717, 1.165) is 13.0 Å². The molecule has 3 nitrogen and oxygen atoms in total. The molecule has 0 unspecified atom stereocenters. The van der Waals surface area contributed by atoms with E-state index in [0.29, 0.717) is 18.8 Å². The minimum atomic E-state index is -0.276. The number of esters is 1. The number of carbonyl (C=O) groups excluding carboxylic acids is 1. The lowest BCUT2D eigenvalue weighted by atomic mass is 10.0. The smallest absolute Gasteiger partial charge is 0.338 e. The van der Waals surface area contributed by atoms with Crippen molar-refractivity contribution in [3.05, 3.63) is 35.9 Å². The number of benzene rings is 1. The van der Waals surface area contributed by atoms with Crippen LogP contribution in [0.3, 0.4) is 0 Å². The first-order valence-corrected chi connectivity index (χ1v) is 12.6. The second kappa shape index (κ2) is 20.9. The highest BCUT2D eigenvalue weighted by Gasteiger charge is 2.04. The predicted molar refractivity (Wildman–Crippen MR) is 127 cm³/mol. The van der Waals surface area contributed by atoms with Gasteiger partial charge >= 0.3 is 5.97 Å². The van der Waals surface area contributed by atoms with Gasteiger partial charge in [-0.2, -0.15) is 0 Å². The van der Waals surface area contributed by atoms with E-state index in [1.54, 1.807) is 12.1 Å². The molecule has 0 spiro atoms. The van der Waals surface area contributed by atoms with Crippen molar-refractivity contribution in [3.63, 3.8) is 0 Å². The molecule has 172 valence electrons. The molecule has 0 fully saturated rings. The Kier molecular flexibility index (Phi) is 18.6. The van der Waals surface area contributed by atoms with E-state index in [-0.39, 0.29) is 5.97 Å². The van der Waals surface area contributed by atoms with Gasteiger partial charge in [-0.05, 0) is 18.6 Å². The van der Waals surface area contributed by atoms with Crippen LogP contribution >= 0.6 is 0 Å². The summed E-state index contributed by atoms with van der Waals surface area (Å²) in [5, 5.41) is 0. The molecule has 0 aliphatic heterocycles. The van der Waals surface area contributed by atoms with Crippen LogP contribution in [0.4, 0.5) is 0 Å². The second-order valence-electron chi connectivity index (χ2n) is 8.42. The number of unbranched alkanes of at least 4 members (excludes halogenated alkanes) is 15. The molecular weight excluding hydrogens is 372 g/mol. The van der Waals surface area contributed by atoms with Crippen LogP contribution in [0.25, 0.3) is 0 Å². The van der Waals surface area contributed by atoms with Crippen LogP contribution in [0.5, 0.6) is 0 Å². The molecule has 1 rings (SSSR count). The van der Waals surface area contributed by atoms with Crippen molar-refractivity contribution >= 4 is 5.97 Å². The fourth-order valence-electron chi connectivity index (χ4n) is 3.71. The van der Waals surface area contributed by atoms with Crippen molar-refractivity contribution in [1.29, 1.82) is 0 Å². The molecule has 0 N–H and O–H groups in total. The Labute approximate surface area is 185 Å². The summed E-state index contributed by atoms with van der Waals surface area (Å²) in [7, 11) is 0. The van der Waals surface area contributed by atoms with Gasteiger partial charge in [-0.25, -0.2) is 4.79 Å². The summed E-state index contributed by atoms with van der Waals surface area (Å²) >= 11 is 0. The van der Waals surface area contributed by atoms with Crippen LogP contribution in [0.15, 0.2) is 30.3 Å². The Bertz CT molecular complexity index is 486. The summed E-state index contributed by atoms with van der Waals surface area (Å²) in [6.07, 6.45) is 22.1. The van der Waals surface area contributed by atoms with Crippen LogP contribution in [-0.4, -0.2) is 25.8 Å². The second-order valence-corrected chi connectivity index (χ2v) is 8.42. The van der Waals surface area contributed by atoms with Crippen molar-refractivity contribution in [3.8, 4) is 0 Å². The van der Waals surface area contributed by atoms with Crippen molar-refractivity contribution in [1.82, 2.24) is 0 Å². The Balaban J connectivity index is 1.71. The Hall–Kier alpha value is -1.35. The molecule has 0 radical (unpaired) electrons. The number of carbonyl (C=O) groups is 1. The molecule has 30 heavy (non-hydrogen) atoms. The molecule has 3 heteroatoms. The first kappa shape index (κ1) is 26.7. The summed E-state index contributed by atoms with van der Waals surface area (Å²) in [5.74, 6) is -0.276. The lowest BCUT2D eigenvalue weighted by Gasteiger charge is -2.06. The van der Waals surface area contributed by atoms with Gasteiger partial charge in [0.25, 0.3) is 0 Å². The molecule has 0 heterocycles. The molecule has 0 aromatic heterocycles. The molecule has 0 aliphatic carbocycles. The maximum Gasteiger partial charge on any atom is 0.338 e. The highest BCUT2D eigenvalue weighted by atomic mass is 16.6. The van der Waals surface area contributed by atoms with Crippen molar-refractivity contribution in [2.24, 2.45) is 0 Å². The van der Waals surface area contributed by atoms with Crippen LogP contribution in [0, 0.1) is 0 Å². The SMILES string of the molecule is CCCCCCCCCCCCCCCCCCOCCOC(=O)c1ccccc1. The molecule has 0 bridgehead atoms. The quantitative estimate of drug-likeness (QED) is 0.149. The molecule has 0 atom stereocenters. The standard InChI is InChI=1S/C27H46O3/c1-2-3-4-5-6-7-8-9-10-11-12-13-14-15-16-20-23-29-24-25-30-27(28)26-21-18-17-19-22-26/h17-19,21-22H,2-16,20,23-25H2,1H3.